The zero-order chi connectivity index (χ0) is 16.9. The molecule has 3 aromatic rings. The number of anilines is 2. The van der Waals surface area contributed by atoms with Crippen LogP contribution in [0.15, 0.2) is 53.4 Å². The van der Waals surface area contributed by atoms with Crippen LogP contribution in [0.3, 0.4) is 0 Å². The summed E-state index contributed by atoms with van der Waals surface area (Å²) >= 11 is 6.01. The van der Waals surface area contributed by atoms with E-state index < -0.39 is 0 Å². The van der Waals surface area contributed by atoms with Crippen LogP contribution in [0.4, 0.5) is 11.5 Å². The Morgan fingerprint density at radius 2 is 2.12 bits per heavy atom. The Labute approximate surface area is 143 Å². The Hall–Kier alpha value is -2.86. The van der Waals surface area contributed by atoms with E-state index in [2.05, 4.69) is 20.6 Å². The lowest BCUT2D eigenvalue weighted by Gasteiger charge is -2.10. The first-order valence-corrected chi connectivity index (χ1v) is 7.65. The molecule has 0 saturated heterocycles. The summed E-state index contributed by atoms with van der Waals surface area (Å²) in [4.78, 5) is 20.3. The van der Waals surface area contributed by atoms with E-state index in [0.717, 1.165) is 11.3 Å². The Balaban J connectivity index is 1.71. The molecule has 0 radical (unpaired) electrons. The molecule has 6 nitrogen and oxygen atoms in total. The molecule has 3 rings (SSSR count). The number of halogens is 1. The molecule has 0 saturated carbocycles. The summed E-state index contributed by atoms with van der Waals surface area (Å²) < 4.78 is 5.17. The van der Waals surface area contributed by atoms with Gasteiger partial charge in [-0.25, -0.2) is 9.97 Å². The number of hydrogen-bond acceptors (Lipinski definition) is 5. The van der Waals surface area contributed by atoms with E-state index in [1.165, 1.54) is 6.33 Å². The monoisotopic (exact) mass is 342 g/mol. The summed E-state index contributed by atoms with van der Waals surface area (Å²) in [6.07, 6.45) is 2.89. The van der Waals surface area contributed by atoms with Crippen LogP contribution in [-0.2, 0) is 6.54 Å². The lowest BCUT2D eigenvalue weighted by Crippen LogP contribution is -2.23. The molecule has 0 atom stereocenters. The summed E-state index contributed by atoms with van der Waals surface area (Å²) in [7, 11) is 0. The van der Waals surface area contributed by atoms with Gasteiger partial charge in [-0.15, -0.1) is 0 Å². The van der Waals surface area contributed by atoms with Crippen molar-refractivity contribution >= 4 is 29.0 Å². The van der Waals surface area contributed by atoms with Gasteiger partial charge in [0, 0.05) is 16.8 Å². The first-order chi connectivity index (χ1) is 11.6. The lowest BCUT2D eigenvalue weighted by atomic mass is 10.2. The van der Waals surface area contributed by atoms with Crippen LogP contribution in [0.5, 0.6) is 0 Å². The lowest BCUT2D eigenvalue weighted by molar-refractivity contribution is 0.0943. The van der Waals surface area contributed by atoms with Crippen molar-refractivity contribution in [3.63, 3.8) is 0 Å². The molecule has 1 aromatic carbocycles. The fraction of sp³-hybridized carbons (Fsp3) is 0.118. The number of aromatic nitrogens is 2. The number of hydrogen-bond donors (Lipinski definition) is 2. The number of benzene rings is 1. The number of nitrogens with one attached hydrogen (secondary N) is 2. The second-order valence-electron chi connectivity index (χ2n) is 5.13. The predicted molar refractivity (Wildman–Crippen MR) is 91.4 cm³/mol. The van der Waals surface area contributed by atoms with E-state index in [4.69, 9.17) is 16.0 Å². The Kier molecular flexibility index (Phi) is 4.77. The van der Waals surface area contributed by atoms with Crippen LogP contribution >= 0.6 is 11.6 Å². The molecule has 0 aliphatic heterocycles. The second-order valence-corrected chi connectivity index (χ2v) is 5.57. The molecule has 0 aliphatic carbocycles. The van der Waals surface area contributed by atoms with E-state index in [1.54, 1.807) is 30.5 Å². The van der Waals surface area contributed by atoms with Crippen LogP contribution < -0.4 is 10.6 Å². The number of furan rings is 1. The maximum absolute atomic E-state index is 12.2. The minimum absolute atomic E-state index is 0.263. The third-order valence-electron chi connectivity index (χ3n) is 3.37. The van der Waals surface area contributed by atoms with Gasteiger partial charge in [-0.2, -0.15) is 0 Å². The van der Waals surface area contributed by atoms with Gasteiger partial charge in [0.15, 0.2) is 0 Å². The normalized spacial score (nSPS) is 10.4. The number of carbonyl (C=O) groups is 1. The second kappa shape index (κ2) is 7.14. The van der Waals surface area contributed by atoms with Gasteiger partial charge in [-0.1, -0.05) is 17.7 Å². The first-order valence-electron chi connectivity index (χ1n) is 7.27. The van der Waals surface area contributed by atoms with E-state index in [9.17, 15) is 4.79 Å². The fourth-order valence-corrected chi connectivity index (χ4v) is 2.26. The average Bonchev–Trinajstić information content (AvgIpc) is 3.10. The molecule has 2 heterocycles. The SMILES string of the molecule is Cc1ccc(Cl)cc1Nc1cc(C(=O)NCc2ccco2)ncn1. The molecule has 7 heteroatoms. The maximum Gasteiger partial charge on any atom is 0.270 e. The summed E-state index contributed by atoms with van der Waals surface area (Å²) in [5.41, 5.74) is 2.10. The van der Waals surface area contributed by atoms with Crippen LogP contribution in [-0.4, -0.2) is 15.9 Å². The van der Waals surface area contributed by atoms with E-state index in [1.807, 2.05) is 19.1 Å². The molecule has 2 aromatic heterocycles. The molecule has 2 N–H and O–H groups in total. The summed E-state index contributed by atoms with van der Waals surface area (Å²) in [6.45, 7) is 2.25. The first kappa shape index (κ1) is 16.0. The summed E-state index contributed by atoms with van der Waals surface area (Å²) in [6, 6.07) is 10.7. The van der Waals surface area contributed by atoms with Gasteiger partial charge in [-0.05, 0) is 36.8 Å². The van der Waals surface area contributed by atoms with Crippen LogP contribution in [0.25, 0.3) is 0 Å². The number of nitrogens with zero attached hydrogens (tertiary/aromatic N) is 2. The predicted octanol–water partition coefficient (Wildman–Crippen LogP) is 3.71. The molecule has 0 bridgehead atoms. The quantitative estimate of drug-likeness (QED) is 0.739. The molecular formula is C17H15ClN4O2. The minimum atomic E-state index is -0.306. The highest BCUT2D eigenvalue weighted by Gasteiger charge is 2.10. The molecule has 0 unspecified atom stereocenters. The highest BCUT2D eigenvalue weighted by Crippen LogP contribution is 2.23. The number of rotatable bonds is 5. The number of aryl methyl sites for hydroxylation is 1. The van der Waals surface area contributed by atoms with Crippen molar-refractivity contribution in [2.24, 2.45) is 0 Å². The van der Waals surface area contributed by atoms with Crippen molar-refractivity contribution in [2.75, 3.05) is 5.32 Å². The van der Waals surface area contributed by atoms with Gasteiger partial charge in [-0.3, -0.25) is 4.79 Å². The molecule has 122 valence electrons. The van der Waals surface area contributed by atoms with Crippen LogP contribution in [0.1, 0.15) is 21.8 Å². The van der Waals surface area contributed by atoms with Gasteiger partial charge in [0.25, 0.3) is 5.91 Å². The third-order valence-corrected chi connectivity index (χ3v) is 3.60. The van der Waals surface area contributed by atoms with Crippen LogP contribution in [0, 0.1) is 6.92 Å². The van der Waals surface area contributed by atoms with Crippen molar-refractivity contribution in [3.05, 3.63) is 71.0 Å². The Morgan fingerprint density at radius 3 is 2.92 bits per heavy atom. The number of carbonyl (C=O) groups excluding carboxylic acids is 1. The van der Waals surface area contributed by atoms with Crippen molar-refractivity contribution < 1.29 is 9.21 Å². The maximum atomic E-state index is 12.2. The summed E-state index contributed by atoms with van der Waals surface area (Å²) in [5.74, 6) is 0.878. The van der Waals surface area contributed by atoms with Gasteiger partial charge in [0.05, 0.1) is 12.8 Å². The third kappa shape index (κ3) is 3.91. The molecule has 0 fully saturated rings. The molecule has 0 spiro atoms. The summed E-state index contributed by atoms with van der Waals surface area (Å²) in [5, 5.41) is 6.50. The van der Waals surface area contributed by atoms with Crippen molar-refractivity contribution in [3.8, 4) is 0 Å². The highest BCUT2D eigenvalue weighted by molar-refractivity contribution is 6.30. The zero-order valence-electron chi connectivity index (χ0n) is 12.9. The zero-order valence-corrected chi connectivity index (χ0v) is 13.7. The molecule has 1 amide bonds. The van der Waals surface area contributed by atoms with Crippen molar-refractivity contribution in [1.82, 2.24) is 15.3 Å². The molecule has 24 heavy (non-hydrogen) atoms. The number of amides is 1. The van der Waals surface area contributed by atoms with Gasteiger partial charge in [0.2, 0.25) is 0 Å². The molecular weight excluding hydrogens is 328 g/mol. The van der Waals surface area contributed by atoms with Gasteiger partial charge >= 0.3 is 0 Å². The topological polar surface area (TPSA) is 80.0 Å². The van der Waals surface area contributed by atoms with Crippen molar-refractivity contribution in [2.45, 2.75) is 13.5 Å². The van der Waals surface area contributed by atoms with E-state index in [-0.39, 0.29) is 11.6 Å². The average molecular weight is 343 g/mol. The van der Waals surface area contributed by atoms with Gasteiger partial charge < -0.3 is 15.1 Å². The Bertz CT molecular complexity index is 850. The van der Waals surface area contributed by atoms with Crippen LogP contribution in [0.2, 0.25) is 5.02 Å². The van der Waals surface area contributed by atoms with E-state index in [0.29, 0.717) is 23.1 Å². The standard InChI is InChI=1S/C17H15ClN4O2/c1-11-4-5-12(18)7-14(11)22-16-8-15(20-10-21-16)17(23)19-9-13-3-2-6-24-13/h2-8,10H,9H2,1H3,(H,19,23)(H,20,21,22). The Morgan fingerprint density at radius 1 is 1.25 bits per heavy atom. The van der Waals surface area contributed by atoms with Gasteiger partial charge in [0.1, 0.15) is 23.6 Å². The smallest absolute Gasteiger partial charge is 0.270 e. The fourth-order valence-electron chi connectivity index (χ4n) is 2.09. The molecule has 0 aliphatic rings. The van der Waals surface area contributed by atoms with Crippen molar-refractivity contribution in [1.29, 1.82) is 0 Å². The largest absolute Gasteiger partial charge is 0.467 e. The minimum Gasteiger partial charge on any atom is -0.467 e. The highest BCUT2D eigenvalue weighted by atomic mass is 35.5. The van der Waals surface area contributed by atoms with E-state index >= 15 is 0 Å².